The van der Waals surface area contributed by atoms with Crippen LogP contribution in [0.15, 0.2) is 18.3 Å². The van der Waals surface area contributed by atoms with Gasteiger partial charge in [0.05, 0.1) is 0 Å². The van der Waals surface area contributed by atoms with Crippen molar-refractivity contribution >= 4 is 11.7 Å². The Bertz CT molecular complexity index is 439. The quantitative estimate of drug-likeness (QED) is 0.868. The Labute approximate surface area is 121 Å². The highest BCUT2D eigenvalue weighted by molar-refractivity contribution is 5.75. The third-order valence-electron chi connectivity index (χ3n) is 3.68. The molecule has 1 N–H and O–H groups in total. The third kappa shape index (κ3) is 4.51. The molecule has 0 spiro atoms. The third-order valence-corrected chi connectivity index (χ3v) is 3.68. The van der Waals surface area contributed by atoms with E-state index >= 15 is 0 Å². The smallest absolute Gasteiger partial charge is 0.220 e. The Kier molecular flexibility index (Phi) is 5.39. The maximum Gasteiger partial charge on any atom is 0.220 e. The summed E-state index contributed by atoms with van der Waals surface area (Å²) in [5.41, 5.74) is 1.12. The maximum absolute atomic E-state index is 11.7. The minimum atomic E-state index is 0.137. The van der Waals surface area contributed by atoms with Crippen LogP contribution in [0.2, 0.25) is 0 Å². The fourth-order valence-corrected chi connectivity index (χ4v) is 2.40. The molecule has 0 aliphatic carbocycles. The lowest BCUT2D eigenvalue weighted by Crippen LogP contribution is -2.23. The molecule has 110 valence electrons. The molecule has 0 atom stereocenters. The summed E-state index contributed by atoms with van der Waals surface area (Å²) in [6.45, 7) is 7.06. The Balaban J connectivity index is 1.83. The summed E-state index contributed by atoms with van der Waals surface area (Å²) in [5, 5.41) is 2.99. The number of carbonyl (C=O) groups is 1. The highest BCUT2D eigenvalue weighted by atomic mass is 16.1. The number of aromatic nitrogens is 1. The first-order valence-corrected chi connectivity index (χ1v) is 7.61. The van der Waals surface area contributed by atoms with Crippen molar-refractivity contribution < 1.29 is 4.79 Å². The summed E-state index contributed by atoms with van der Waals surface area (Å²) < 4.78 is 0. The van der Waals surface area contributed by atoms with Gasteiger partial charge < -0.3 is 10.2 Å². The molecule has 4 nitrogen and oxygen atoms in total. The van der Waals surface area contributed by atoms with Gasteiger partial charge in [-0.2, -0.15) is 0 Å². The van der Waals surface area contributed by atoms with Crippen molar-refractivity contribution in [3.05, 3.63) is 23.9 Å². The van der Waals surface area contributed by atoms with Crippen LogP contribution in [-0.2, 0) is 11.3 Å². The molecule has 20 heavy (non-hydrogen) atoms. The summed E-state index contributed by atoms with van der Waals surface area (Å²) >= 11 is 0. The number of amides is 1. The molecule has 1 fully saturated rings. The van der Waals surface area contributed by atoms with E-state index in [9.17, 15) is 4.79 Å². The predicted molar refractivity (Wildman–Crippen MR) is 81.6 cm³/mol. The van der Waals surface area contributed by atoms with Gasteiger partial charge in [-0.1, -0.05) is 13.8 Å². The van der Waals surface area contributed by atoms with Crippen LogP contribution in [-0.4, -0.2) is 24.0 Å². The molecule has 4 heteroatoms. The van der Waals surface area contributed by atoms with E-state index in [1.807, 2.05) is 12.3 Å². The monoisotopic (exact) mass is 275 g/mol. The summed E-state index contributed by atoms with van der Waals surface area (Å²) in [7, 11) is 0. The summed E-state index contributed by atoms with van der Waals surface area (Å²) in [5.74, 6) is 1.75. The number of nitrogens with one attached hydrogen (secondary N) is 1. The normalized spacial score (nSPS) is 14.8. The van der Waals surface area contributed by atoms with Gasteiger partial charge in [0.2, 0.25) is 5.91 Å². The molecule has 2 heterocycles. The van der Waals surface area contributed by atoms with Gasteiger partial charge in [0.25, 0.3) is 0 Å². The van der Waals surface area contributed by atoms with E-state index in [0.29, 0.717) is 18.9 Å². The number of carbonyl (C=O) groups excluding carboxylic acids is 1. The van der Waals surface area contributed by atoms with E-state index in [1.54, 1.807) is 0 Å². The van der Waals surface area contributed by atoms with E-state index in [4.69, 9.17) is 0 Å². The predicted octanol–water partition coefficient (Wildman–Crippen LogP) is 2.73. The number of hydrogen-bond acceptors (Lipinski definition) is 3. The van der Waals surface area contributed by atoms with Gasteiger partial charge in [0.15, 0.2) is 0 Å². The molecule has 1 aromatic rings. The number of rotatable bonds is 6. The molecule has 1 aromatic heterocycles. The fraction of sp³-hybridized carbons (Fsp3) is 0.625. The average molecular weight is 275 g/mol. The molecule has 0 aromatic carbocycles. The van der Waals surface area contributed by atoms with Gasteiger partial charge >= 0.3 is 0 Å². The molecule has 1 aliphatic rings. The molecule has 0 bridgehead atoms. The first-order valence-electron chi connectivity index (χ1n) is 7.61. The second-order valence-electron chi connectivity index (χ2n) is 5.93. The van der Waals surface area contributed by atoms with Crippen LogP contribution < -0.4 is 10.2 Å². The maximum atomic E-state index is 11.7. The molecular formula is C16H25N3O. The van der Waals surface area contributed by atoms with Crippen LogP contribution in [0.5, 0.6) is 0 Å². The summed E-state index contributed by atoms with van der Waals surface area (Å²) in [6.07, 6.45) is 5.89. The zero-order chi connectivity index (χ0) is 14.4. The van der Waals surface area contributed by atoms with Crippen LogP contribution >= 0.6 is 0 Å². The molecular weight excluding hydrogens is 250 g/mol. The van der Waals surface area contributed by atoms with Crippen LogP contribution in [0, 0.1) is 5.92 Å². The molecule has 0 saturated carbocycles. The first-order chi connectivity index (χ1) is 9.65. The number of hydrogen-bond donors (Lipinski definition) is 1. The fourth-order valence-electron chi connectivity index (χ4n) is 2.40. The van der Waals surface area contributed by atoms with Crippen molar-refractivity contribution in [2.24, 2.45) is 5.92 Å². The van der Waals surface area contributed by atoms with E-state index in [2.05, 4.69) is 35.1 Å². The molecule has 1 amide bonds. The molecule has 0 radical (unpaired) electrons. The SMILES string of the molecule is CC(C)CCC(=O)NCc1ccnc(N2CCCC2)c1. The van der Waals surface area contributed by atoms with E-state index < -0.39 is 0 Å². The van der Waals surface area contributed by atoms with Crippen LogP contribution in [0.1, 0.15) is 45.1 Å². The Hall–Kier alpha value is -1.58. The molecule has 1 saturated heterocycles. The molecule has 1 aliphatic heterocycles. The van der Waals surface area contributed by atoms with Gasteiger partial charge in [-0.25, -0.2) is 4.98 Å². The second-order valence-corrected chi connectivity index (χ2v) is 5.93. The van der Waals surface area contributed by atoms with Gasteiger partial charge in [0.1, 0.15) is 5.82 Å². The number of pyridine rings is 1. The lowest BCUT2D eigenvalue weighted by atomic mass is 10.1. The number of anilines is 1. The van der Waals surface area contributed by atoms with Crippen LogP contribution in [0.25, 0.3) is 0 Å². The lowest BCUT2D eigenvalue weighted by Gasteiger charge is -2.17. The Morgan fingerprint density at radius 2 is 2.15 bits per heavy atom. The summed E-state index contributed by atoms with van der Waals surface area (Å²) in [4.78, 5) is 18.5. The van der Waals surface area contributed by atoms with Crippen LogP contribution in [0.3, 0.4) is 0 Å². The Morgan fingerprint density at radius 1 is 1.40 bits per heavy atom. The minimum absolute atomic E-state index is 0.137. The van der Waals surface area contributed by atoms with E-state index in [1.165, 1.54) is 12.8 Å². The standard InChI is InChI=1S/C16H25N3O/c1-13(2)5-6-16(20)18-12-14-7-8-17-15(11-14)19-9-3-4-10-19/h7-8,11,13H,3-6,9-10,12H2,1-2H3,(H,18,20). The number of nitrogens with zero attached hydrogens (tertiary/aromatic N) is 2. The van der Waals surface area contributed by atoms with Gasteiger partial charge in [-0.15, -0.1) is 0 Å². The van der Waals surface area contributed by atoms with Crippen molar-refractivity contribution in [2.75, 3.05) is 18.0 Å². The van der Waals surface area contributed by atoms with Crippen molar-refractivity contribution in [1.82, 2.24) is 10.3 Å². The molecule has 2 rings (SSSR count). The topological polar surface area (TPSA) is 45.2 Å². The van der Waals surface area contributed by atoms with E-state index in [-0.39, 0.29) is 5.91 Å². The van der Waals surface area contributed by atoms with E-state index in [0.717, 1.165) is 30.9 Å². The highest BCUT2D eigenvalue weighted by Crippen LogP contribution is 2.18. The van der Waals surface area contributed by atoms with Crippen molar-refractivity contribution in [3.8, 4) is 0 Å². The first kappa shape index (κ1) is 14.8. The second kappa shape index (κ2) is 7.27. The van der Waals surface area contributed by atoms with Gasteiger partial charge in [0, 0.05) is 32.3 Å². The summed E-state index contributed by atoms with van der Waals surface area (Å²) in [6, 6.07) is 4.07. The van der Waals surface area contributed by atoms with Gasteiger partial charge in [-0.3, -0.25) is 4.79 Å². The largest absolute Gasteiger partial charge is 0.357 e. The molecule has 0 unspecified atom stereocenters. The zero-order valence-electron chi connectivity index (χ0n) is 12.6. The van der Waals surface area contributed by atoms with Crippen LogP contribution in [0.4, 0.5) is 5.82 Å². The highest BCUT2D eigenvalue weighted by Gasteiger charge is 2.13. The van der Waals surface area contributed by atoms with Gasteiger partial charge in [-0.05, 0) is 42.9 Å². The van der Waals surface area contributed by atoms with Crippen molar-refractivity contribution in [3.63, 3.8) is 0 Å². The lowest BCUT2D eigenvalue weighted by molar-refractivity contribution is -0.121. The van der Waals surface area contributed by atoms with Crippen molar-refractivity contribution in [2.45, 2.75) is 46.1 Å². The zero-order valence-corrected chi connectivity index (χ0v) is 12.6. The van der Waals surface area contributed by atoms with Crippen molar-refractivity contribution in [1.29, 1.82) is 0 Å². The minimum Gasteiger partial charge on any atom is -0.357 e. The Morgan fingerprint density at radius 3 is 2.85 bits per heavy atom. The average Bonchev–Trinajstić information content (AvgIpc) is 2.97.